The Labute approximate surface area is 105 Å². The van der Waals surface area contributed by atoms with Crippen LogP contribution in [0.5, 0.6) is 0 Å². The lowest BCUT2D eigenvalue weighted by Crippen LogP contribution is -2.22. The first-order valence-corrected chi connectivity index (χ1v) is 5.78. The van der Waals surface area contributed by atoms with Crippen LogP contribution in [0.15, 0.2) is 24.3 Å². The second-order valence-corrected chi connectivity index (χ2v) is 4.32. The average molecular weight is 256 g/mol. The van der Waals surface area contributed by atoms with Crippen LogP contribution in [0.2, 0.25) is 5.02 Å². The summed E-state index contributed by atoms with van der Waals surface area (Å²) in [5.41, 5.74) is 0.782. The van der Waals surface area contributed by atoms with Gasteiger partial charge in [0, 0.05) is 15.9 Å². The normalized spacial score (nSPS) is 14.0. The van der Waals surface area contributed by atoms with E-state index in [4.69, 9.17) is 11.6 Å². The van der Waals surface area contributed by atoms with Crippen molar-refractivity contribution in [2.45, 2.75) is 19.3 Å². The lowest BCUT2D eigenvalue weighted by Gasteiger charge is -2.18. The van der Waals surface area contributed by atoms with E-state index in [2.05, 4.69) is 0 Å². The Balaban J connectivity index is 3.00. The fourth-order valence-corrected chi connectivity index (χ4v) is 1.96. The molecular weight excluding hydrogens is 242 g/mol. The summed E-state index contributed by atoms with van der Waals surface area (Å²) in [6, 6.07) is 6.84. The minimum atomic E-state index is -0.384. The molecule has 0 aromatic heterocycles. The monoisotopic (exact) mass is 255 g/mol. The van der Waals surface area contributed by atoms with Crippen LogP contribution < -0.4 is 0 Å². The smallest absolute Gasteiger partial charge is 0.211 e. The zero-order valence-corrected chi connectivity index (χ0v) is 10.3. The quantitative estimate of drug-likeness (QED) is 0.446. The molecule has 1 rings (SSSR count). The minimum Gasteiger partial charge on any atom is -0.303 e. The molecule has 17 heavy (non-hydrogen) atoms. The molecule has 0 bridgehead atoms. The summed E-state index contributed by atoms with van der Waals surface area (Å²) in [6.45, 7) is 1.61. The van der Waals surface area contributed by atoms with E-state index in [1.54, 1.807) is 24.3 Å². The van der Waals surface area contributed by atoms with Crippen LogP contribution >= 0.6 is 11.6 Å². The van der Waals surface area contributed by atoms with Gasteiger partial charge in [0.05, 0.1) is 5.92 Å². The Kier molecular flexibility index (Phi) is 5.10. The zero-order chi connectivity index (χ0) is 12.8. The van der Waals surface area contributed by atoms with Crippen LogP contribution in [0, 0.1) is 16.0 Å². The van der Waals surface area contributed by atoms with Gasteiger partial charge in [-0.2, -0.15) is 0 Å². The molecule has 0 heterocycles. The van der Waals surface area contributed by atoms with Gasteiger partial charge in [-0.05, 0) is 24.1 Å². The Morgan fingerprint density at radius 2 is 2.00 bits per heavy atom. The van der Waals surface area contributed by atoms with Gasteiger partial charge >= 0.3 is 0 Å². The van der Waals surface area contributed by atoms with Gasteiger partial charge in [0.15, 0.2) is 0 Å². The second-order valence-electron chi connectivity index (χ2n) is 3.88. The summed E-state index contributed by atoms with van der Waals surface area (Å²) >= 11 is 5.77. The first kappa shape index (κ1) is 13.6. The number of carbonyl (C=O) groups is 1. The van der Waals surface area contributed by atoms with Gasteiger partial charge in [0.1, 0.15) is 6.29 Å². The van der Waals surface area contributed by atoms with Gasteiger partial charge < -0.3 is 4.79 Å². The van der Waals surface area contributed by atoms with Crippen LogP contribution in [0.25, 0.3) is 0 Å². The van der Waals surface area contributed by atoms with Crippen molar-refractivity contribution >= 4 is 17.9 Å². The third kappa shape index (κ3) is 3.82. The first-order chi connectivity index (χ1) is 8.08. The third-order valence-corrected chi connectivity index (χ3v) is 3.06. The zero-order valence-electron chi connectivity index (χ0n) is 9.51. The van der Waals surface area contributed by atoms with E-state index in [-0.39, 0.29) is 23.3 Å². The van der Waals surface area contributed by atoms with Gasteiger partial charge in [-0.3, -0.25) is 10.1 Å². The molecule has 0 fully saturated rings. The van der Waals surface area contributed by atoms with Crippen molar-refractivity contribution in [1.29, 1.82) is 0 Å². The number of hydrogen-bond acceptors (Lipinski definition) is 3. The molecule has 2 atom stereocenters. The Morgan fingerprint density at radius 3 is 2.41 bits per heavy atom. The lowest BCUT2D eigenvalue weighted by molar-refractivity contribution is -0.484. The van der Waals surface area contributed by atoms with Crippen LogP contribution in [-0.2, 0) is 4.79 Å². The maximum absolute atomic E-state index is 11.0. The van der Waals surface area contributed by atoms with E-state index in [9.17, 15) is 14.9 Å². The van der Waals surface area contributed by atoms with Gasteiger partial charge in [0.25, 0.3) is 0 Å². The molecule has 0 N–H and O–H groups in total. The molecule has 1 aromatic carbocycles. The van der Waals surface area contributed by atoms with Crippen LogP contribution in [0.4, 0.5) is 0 Å². The summed E-state index contributed by atoms with van der Waals surface area (Å²) in [5.74, 6) is -0.716. The summed E-state index contributed by atoms with van der Waals surface area (Å²) in [6.07, 6.45) is 1.38. The number of hydrogen-bond donors (Lipinski definition) is 0. The number of aldehydes is 1. The maximum atomic E-state index is 11.0. The molecule has 0 aliphatic rings. The highest BCUT2D eigenvalue weighted by molar-refractivity contribution is 6.30. The largest absolute Gasteiger partial charge is 0.303 e. The molecule has 0 saturated carbocycles. The van der Waals surface area contributed by atoms with Crippen molar-refractivity contribution < 1.29 is 9.72 Å². The summed E-state index contributed by atoms with van der Waals surface area (Å²) in [4.78, 5) is 21.2. The molecule has 0 spiro atoms. The van der Waals surface area contributed by atoms with Gasteiger partial charge in [0.2, 0.25) is 6.54 Å². The SMILES string of the molecule is CC[C@H](C=O)[C@@H](C[N+](=O)[O-])c1ccc(Cl)cc1. The number of rotatable bonds is 6. The van der Waals surface area contributed by atoms with E-state index >= 15 is 0 Å². The molecule has 0 unspecified atom stereocenters. The van der Waals surface area contributed by atoms with Crippen LogP contribution in [-0.4, -0.2) is 17.8 Å². The maximum Gasteiger partial charge on any atom is 0.211 e. The van der Waals surface area contributed by atoms with Crippen molar-refractivity contribution in [1.82, 2.24) is 0 Å². The van der Waals surface area contributed by atoms with Crippen LogP contribution in [0.3, 0.4) is 0 Å². The Hall–Kier alpha value is -1.42. The molecule has 4 nitrogen and oxygen atoms in total. The topological polar surface area (TPSA) is 60.2 Å². The van der Waals surface area contributed by atoms with Gasteiger partial charge in [-0.25, -0.2) is 0 Å². The summed E-state index contributed by atoms with van der Waals surface area (Å²) < 4.78 is 0. The first-order valence-electron chi connectivity index (χ1n) is 5.41. The molecule has 5 heteroatoms. The predicted molar refractivity (Wildman–Crippen MR) is 65.9 cm³/mol. The van der Waals surface area contributed by atoms with Crippen molar-refractivity contribution in [3.8, 4) is 0 Å². The van der Waals surface area contributed by atoms with E-state index in [0.29, 0.717) is 11.4 Å². The highest BCUT2D eigenvalue weighted by Gasteiger charge is 2.26. The highest BCUT2D eigenvalue weighted by Crippen LogP contribution is 2.27. The predicted octanol–water partition coefficient (Wildman–Crippen LogP) is 2.93. The number of nitrogens with zero attached hydrogens (tertiary/aromatic N) is 1. The molecule has 92 valence electrons. The molecule has 1 aromatic rings. The molecule has 0 aliphatic heterocycles. The number of benzene rings is 1. The molecule has 0 amide bonds. The molecule has 0 aliphatic carbocycles. The van der Waals surface area contributed by atoms with E-state index < -0.39 is 0 Å². The minimum absolute atomic E-state index is 0.237. The Bertz CT molecular complexity index is 391. The molecular formula is C12H14ClNO3. The highest BCUT2D eigenvalue weighted by atomic mass is 35.5. The average Bonchev–Trinajstić information content (AvgIpc) is 2.30. The van der Waals surface area contributed by atoms with Crippen molar-refractivity contribution in [3.05, 3.63) is 45.0 Å². The number of halogens is 1. The number of nitro groups is 1. The van der Waals surface area contributed by atoms with E-state index in [1.165, 1.54) is 0 Å². The van der Waals surface area contributed by atoms with Gasteiger partial charge in [-0.1, -0.05) is 30.7 Å². The molecule has 0 saturated heterocycles. The van der Waals surface area contributed by atoms with Crippen LogP contribution in [0.1, 0.15) is 24.8 Å². The summed E-state index contributed by atoms with van der Waals surface area (Å²) in [5, 5.41) is 11.2. The lowest BCUT2D eigenvalue weighted by atomic mass is 9.85. The molecule has 0 radical (unpaired) electrons. The second kappa shape index (κ2) is 6.35. The van der Waals surface area contributed by atoms with E-state index in [0.717, 1.165) is 11.8 Å². The summed E-state index contributed by atoms with van der Waals surface area (Å²) in [7, 11) is 0. The van der Waals surface area contributed by atoms with Crippen molar-refractivity contribution in [2.24, 2.45) is 5.92 Å². The Morgan fingerprint density at radius 1 is 1.41 bits per heavy atom. The van der Waals surface area contributed by atoms with Gasteiger partial charge in [-0.15, -0.1) is 0 Å². The van der Waals surface area contributed by atoms with Crippen molar-refractivity contribution in [3.63, 3.8) is 0 Å². The fraction of sp³-hybridized carbons (Fsp3) is 0.417. The standard InChI is InChI=1S/C12H14ClNO3/c1-2-9(8-15)12(7-14(16)17)10-3-5-11(13)6-4-10/h3-6,8-9,12H,2,7H2,1H3/t9-,12-/m1/s1. The van der Waals surface area contributed by atoms with Crippen molar-refractivity contribution in [2.75, 3.05) is 6.54 Å². The van der Waals surface area contributed by atoms with E-state index in [1.807, 2.05) is 6.92 Å². The fourth-order valence-electron chi connectivity index (χ4n) is 1.83. The third-order valence-electron chi connectivity index (χ3n) is 2.81. The number of carbonyl (C=O) groups excluding carboxylic acids is 1.